The second-order valence-corrected chi connectivity index (χ2v) is 5.35. The average Bonchev–Trinajstić information content (AvgIpc) is 2.98. The quantitative estimate of drug-likeness (QED) is 0.897. The van der Waals surface area contributed by atoms with E-state index in [-0.39, 0.29) is 18.2 Å². The molecule has 1 aliphatic rings. The number of aromatic nitrogens is 1. The molecular formula is C17H18N4O2. The molecule has 0 unspecified atom stereocenters. The molecule has 6 nitrogen and oxygen atoms in total. The summed E-state index contributed by atoms with van der Waals surface area (Å²) in [6.07, 6.45) is 2.67. The first-order valence-corrected chi connectivity index (χ1v) is 7.55. The molecule has 118 valence electrons. The number of pyridine rings is 1. The minimum Gasteiger partial charge on any atom is -0.330 e. The summed E-state index contributed by atoms with van der Waals surface area (Å²) in [7, 11) is 0. The number of fused-ring (bicyclic) bond motifs is 1. The SMILES string of the molecule is NCCC(=O)Nc1ccc2c(c1)N(C(=O)c1ccccn1)CC2. The molecule has 1 aliphatic heterocycles. The van der Waals surface area contributed by atoms with Gasteiger partial charge in [0.25, 0.3) is 5.91 Å². The molecule has 0 saturated carbocycles. The van der Waals surface area contributed by atoms with E-state index in [0.29, 0.717) is 24.5 Å². The summed E-state index contributed by atoms with van der Waals surface area (Å²) in [5.74, 6) is -0.261. The molecule has 6 heteroatoms. The largest absolute Gasteiger partial charge is 0.330 e. The molecule has 0 aliphatic carbocycles. The van der Waals surface area contributed by atoms with Gasteiger partial charge in [0.15, 0.2) is 0 Å². The average molecular weight is 310 g/mol. The van der Waals surface area contributed by atoms with Crippen molar-refractivity contribution in [3.05, 3.63) is 53.9 Å². The maximum atomic E-state index is 12.6. The van der Waals surface area contributed by atoms with E-state index in [2.05, 4.69) is 10.3 Å². The third-order valence-corrected chi connectivity index (χ3v) is 3.77. The van der Waals surface area contributed by atoms with E-state index >= 15 is 0 Å². The Labute approximate surface area is 134 Å². The van der Waals surface area contributed by atoms with E-state index in [1.165, 1.54) is 0 Å². The fourth-order valence-electron chi connectivity index (χ4n) is 2.65. The number of rotatable bonds is 4. The van der Waals surface area contributed by atoms with Gasteiger partial charge in [0.2, 0.25) is 5.91 Å². The Balaban J connectivity index is 1.84. The molecule has 0 bridgehead atoms. The summed E-state index contributed by atoms with van der Waals surface area (Å²) < 4.78 is 0. The highest BCUT2D eigenvalue weighted by molar-refractivity contribution is 6.06. The van der Waals surface area contributed by atoms with Crippen LogP contribution in [0.5, 0.6) is 0 Å². The number of carbonyl (C=O) groups excluding carboxylic acids is 2. The number of carbonyl (C=O) groups is 2. The predicted molar refractivity (Wildman–Crippen MR) is 88.4 cm³/mol. The van der Waals surface area contributed by atoms with Crippen molar-refractivity contribution < 1.29 is 9.59 Å². The Morgan fingerprint density at radius 3 is 2.87 bits per heavy atom. The molecular weight excluding hydrogens is 292 g/mol. The van der Waals surface area contributed by atoms with Crippen LogP contribution in [-0.2, 0) is 11.2 Å². The van der Waals surface area contributed by atoms with E-state index in [1.807, 2.05) is 18.2 Å². The van der Waals surface area contributed by atoms with E-state index < -0.39 is 0 Å². The number of hydrogen-bond acceptors (Lipinski definition) is 4. The summed E-state index contributed by atoms with van der Waals surface area (Å²) in [6.45, 7) is 0.923. The number of anilines is 2. The monoisotopic (exact) mass is 310 g/mol. The normalized spacial score (nSPS) is 12.8. The Bertz CT molecular complexity index is 731. The van der Waals surface area contributed by atoms with Crippen molar-refractivity contribution in [1.29, 1.82) is 0 Å². The number of nitrogens with two attached hydrogens (primary N) is 1. The van der Waals surface area contributed by atoms with Gasteiger partial charge in [-0.1, -0.05) is 12.1 Å². The molecule has 0 fully saturated rings. The Morgan fingerprint density at radius 2 is 2.13 bits per heavy atom. The van der Waals surface area contributed by atoms with Gasteiger partial charge in [0.1, 0.15) is 5.69 Å². The first-order chi connectivity index (χ1) is 11.2. The first kappa shape index (κ1) is 15.2. The summed E-state index contributed by atoms with van der Waals surface area (Å²) in [4.78, 5) is 30.1. The zero-order valence-electron chi connectivity index (χ0n) is 12.7. The van der Waals surface area contributed by atoms with Crippen LogP contribution in [-0.4, -0.2) is 29.9 Å². The zero-order valence-corrected chi connectivity index (χ0v) is 12.7. The van der Waals surface area contributed by atoms with Gasteiger partial charge in [0, 0.05) is 37.1 Å². The molecule has 2 aromatic rings. The van der Waals surface area contributed by atoms with Crippen LogP contribution in [0.15, 0.2) is 42.6 Å². The van der Waals surface area contributed by atoms with Crippen LogP contribution >= 0.6 is 0 Å². The molecule has 1 aromatic heterocycles. The van der Waals surface area contributed by atoms with Crippen LogP contribution in [0.3, 0.4) is 0 Å². The zero-order chi connectivity index (χ0) is 16.2. The van der Waals surface area contributed by atoms with E-state index in [4.69, 9.17) is 5.73 Å². The van der Waals surface area contributed by atoms with Gasteiger partial charge in [-0.15, -0.1) is 0 Å². The number of benzene rings is 1. The third kappa shape index (κ3) is 3.22. The lowest BCUT2D eigenvalue weighted by Gasteiger charge is -2.17. The Kier molecular flexibility index (Phi) is 4.34. The lowest BCUT2D eigenvalue weighted by molar-refractivity contribution is -0.116. The van der Waals surface area contributed by atoms with Gasteiger partial charge < -0.3 is 16.0 Å². The molecule has 0 saturated heterocycles. The summed E-state index contributed by atoms with van der Waals surface area (Å²) in [5.41, 5.74) is 8.38. The highest BCUT2D eigenvalue weighted by Gasteiger charge is 2.26. The minimum absolute atomic E-state index is 0.130. The van der Waals surface area contributed by atoms with Crippen LogP contribution in [0.4, 0.5) is 11.4 Å². The molecule has 3 N–H and O–H groups in total. The van der Waals surface area contributed by atoms with Crippen LogP contribution in [0.2, 0.25) is 0 Å². The molecule has 0 spiro atoms. The highest BCUT2D eigenvalue weighted by atomic mass is 16.2. The number of nitrogens with one attached hydrogen (secondary N) is 1. The second kappa shape index (κ2) is 6.58. The number of amides is 2. The molecule has 23 heavy (non-hydrogen) atoms. The van der Waals surface area contributed by atoms with Gasteiger partial charge in [0.05, 0.1) is 0 Å². The topological polar surface area (TPSA) is 88.3 Å². The van der Waals surface area contributed by atoms with Gasteiger partial charge in [-0.05, 0) is 36.2 Å². The lowest BCUT2D eigenvalue weighted by atomic mass is 10.1. The second-order valence-electron chi connectivity index (χ2n) is 5.35. The Hall–Kier alpha value is -2.73. The molecule has 2 amide bonds. The highest BCUT2D eigenvalue weighted by Crippen LogP contribution is 2.31. The van der Waals surface area contributed by atoms with Crippen LogP contribution < -0.4 is 16.0 Å². The predicted octanol–water partition coefficient (Wildman–Crippen LogP) is 1.57. The van der Waals surface area contributed by atoms with Crippen LogP contribution in [0.25, 0.3) is 0 Å². The van der Waals surface area contributed by atoms with E-state index in [1.54, 1.807) is 29.3 Å². The third-order valence-electron chi connectivity index (χ3n) is 3.77. The Morgan fingerprint density at radius 1 is 1.26 bits per heavy atom. The summed E-state index contributed by atoms with van der Waals surface area (Å²) >= 11 is 0. The van der Waals surface area contributed by atoms with Gasteiger partial charge in [-0.2, -0.15) is 0 Å². The fourth-order valence-corrected chi connectivity index (χ4v) is 2.65. The standard InChI is InChI=1S/C17H18N4O2/c18-8-6-16(22)20-13-5-4-12-7-10-21(15(12)11-13)17(23)14-3-1-2-9-19-14/h1-5,9,11H,6-8,10,18H2,(H,20,22). The van der Waals surface area contributed by atoms with Gasteiger partial charge in [-0.25, -0.2) is 0 Å². The van der Waals surface area contributed by atoms with Crippen LogP contribution in [0.1, 0.15) is 22.5 Å². The summed E-state index contributed by atoms with van der Waals surface area (Å²) in [5, 5.41) is 2.80. The van der Waals surface area contributed by atoms with Crippen molar-refractivity contribution in [3.8, 4) is 0 Å². The molecule has 0 radical (unpaired) electrons. The number of nitrogens with zero attached hydrogens (tertiary/aromatic N) is 2. The van der Waals surface area contributed by atoms with E-state index in [0.717, 1.165) is 17.7 Å². The van der Waals surface area contributed by atoms with E-state index in [9.17, 15) is 9.59 Å². The summed E-state index contributed by atoms with van der Waals surface area (Å²) in [6, 6.07) is 10.9. The minimum atomic E-state index is -0.131. The first-order valence-electron chi connectivity index (χ1n) is 7.55. The van der Waals surface area contributed by atoms with Crippen molar-refractivity contribution in [2.24, 2.45) is 5.73 Å². The molecule has 3 rings (SSSR count). The van der Waals surface area contributed by atoms with Crippen molar-refractivity contribution >= 4 is 23.2 Å². The molecule has 2 heterocycles. The van der Waals surface area contributed by atoms with Crippen molar-refractivity contribution in [2.75, 3.05) is 23.3 Å². The van der Waals surface area contributed by atoms with Crippen molar-refractivity contribution in [2.45, 2.75) is 12.8 Å². The maximum absolute atomic E-state index is 12.6. The fraction of sp³-hybridized carbons (Fsp3) is 0.235. The van der Waals surface area contributed by atoms with Crippen LogP contribution in [0, 0.1) is 0 Å². The van der Waals surface area contributed by atoms with Crippen molar-refractivity contribution in [3.63, 3.8) is 0 Å². The van der Waals surface area contributed by atoms with Gasteiger partial charge in [-0.3, -0.25) is 14.6 Å². The van der Waals surface area contributed by atoms with Gasteiger partial charge >= 0.3 is 0 Å². The smallest absolute Gasteiger partial charge is 0.276 e. The molecule has 1 aromatic carbocycles. The van der Waals surface area contributed by atoms with Crippen molar-refractivity contribution in [1.82, 2.24) is 4.98 Å². The molecule has 0 atom stereocenters. The lowest BCUT2D eigenvalue weighted by Crippen LogP contribution is -2.29. The number of hydrogen-bond donors (Lipinski definition) is 2. The maximum Gasteiger partial charge on any atom is 0.276 e.